The maximum absolute atomic E-state index is 11.6. The lowest BCUT2D eigenvalue weighted by atomic mass is 10.1. The van der Waals surface area contributed by atoms with Crippen LogP contribution >= 0.6 is 0 Å². The molecule has 1 heterocycles. The number of aryl methyl sites for hydroxylation is 1. The summed E-state index contributed by atoms with van der Waals surface area (Å²) < 4.78 is 2.05. The third kappa shape index (κ3) is 2.90. The van der Waals surface area contributed by atoms with Gasteiger partial charge in [0.2, 0.25) is 5.78 Å². The smallest absolute Gasteiger partial charge is 0.227 e. The van der Waals surface area contributed by atoms with Gasteiger partial charge in [0.05, 0.1) is 5.56 Å². The normalized spacial score (nSPS) is 11.1. The minimum atomic E-state index is -0.456. The Morgan fingerprint density at radius 1 is 1.32 bits per heavy atom. The molecule has 1 aromatic heterocycles. The molecule has 0 radical (unpaired) electrons. The van der Waals surface area contributed by atoms with E-state index in [1.165, 1.54) is 0 Å². The van der Waals surface area contributed by atoms with Crippen molar-refractivity contribution in [1.82, 2.24) is 9.47 Å². The van der Waals surface area contributed by atoms with Crippen LogP contribution in [0.5, 0.6) is 0 Å². The van der Waals surface area contributed by atoms with Gasteiger partial charge in [-0.25, -0.2) is 0 Å². The Labute approximate surface area is 112 Å². The Hall–Kier alpha value is -1.94. The zero-order valence-electron chi connectivity index (χ0n) is 11.3. The number of carbonyl (C=O) groups is 2. The first-order valence-electron chi connectivity index (χ1n) is 6.35. The van der Waals surface area contributed by atoms with Gasteiger partial charge in [0, 0.05) is 23.6 Å². The van der Waals surface area contributed by atoms with E-state index in [1.807, 2.05) is 38.4 Å². The second kappa shape index (κ2) is 5.80. The van der Waals surface area contributed by atoms with Crippen molar-refractivity contribution >= 4 is 23.0 Å². The van der Waals surface area contributed by atoms with Gasteiger partial charge < -0.3 is 9.47 Å². The highest BCUT2D eigenvalue weighted by Gasteiger charge is 2.13. The molecule has 0 N–H and O–H groups in total. The number of rotatable bonds is 6. The summed E-state index contributed by atoms with van der Waals surface area (Å²) in [5.41, 5.74) is 1.50. The van der Waals surface area contributed by atoms with Gasteiger partial charge >= 0.3 is 0 Å². The number of benzene rings is 1. The van der Waals surface area contributed by atoms with Crippen LogP contribution < -0.4 is 0 Å². The average Bonchev–Trinajstić information content (AvgIpc) is 2.77. The lowest BCUT2D eigenvalue weighted by Crippen LogP contribution is -2.14. The molecule has 0 saturated carbocycles. The fraction of sp³-hybridized carbons (Fsp3) is 0.333. The second-order valence-electron chi connectivity index (χ2n) is 4.89. The first-order valence-corrected chi connectivity index (χ1v) is 6.35. The topological polar surface area (TPSA) is 42.3 Å². The number of hydrogen-bond acceptors (Lipinski definition) is 3. The predicted molar refractivity (Wildman–Crippen MR) is 75.5 cm³/mol. The summed E-state index contributed by atoms with van der Waals surface area (Å²) in [6.45, 7) is 1.83. The standard InChI is InChI=1S/C15H18N2O2/c1-16(2)8-5-9-17-10-13(15(19)11-18)12-6-3-4-7-14(12)17/h3-4,6-7,10-11H,5,8-9H2,1-2H3. The first-order chi connectivity index (χ1) is 9.13. The predicted octanol–water partition coefficient (Wildman–Crippen LogP) is 1.97. The highest BCUT2D eigenvalue weighted by Crippen LogP contribution is 2.21. The Morgan fingerprint density at radius 3 is 2.74 bits per heavy atom. The van der Waals surface area contributed by atoms with E-state index in [0.29, 0.717) is 11.8 Å². The molecule has 0 spiro atoms. The number of nitrogens with zero attached hydrogens (tertiary/aromatic N) is 2. The van der Waals surface area contributed by atoms with Gasteiger partial charge in [-0.3, -0.25) is 9.59 Å². The molecule has 0 aliphatic heterocycles. The van der Waals surface area contributed by atoms with E-state index in [4.69, 9.17) is 0 Å². The maximum Gasteiger partial charge on any atom is 0.227 e. The highest BCUT2D eigenvalue weighted by atomic mass is 16.2. The van der Waals surface area contributed by atoms with Crippen molar-refractivity contribution in [2.45, 2.75) is 13.0 Å². The van der Waals surface area contributed by atoms with Gasteiger partial charge in [-0.05, 0) is 33.1 Å². The van der Waals surface area contributed by atoms with Crippen LogP contribution in [0.15, 0.2) is 30.5 Å². The Kier molecular flexibility index (Phi) is 4.12. The van der Waals surface area contributed by atoms with Crippen molar-refractivity contribution in [3.63, 3.8) is 0 Å². The fourth-order valence-electron chi connectivity index (χ4n) is 2.25. The molecule has 0 amide bonds. The molecule has 19 heavy (non-hydrogen) atoms. The molecule has 2 rings (SSSR count). The Balaban J connectivity index is 2.33. The van der Waals surface area contributed by atoms with Crippen molar-refractivity contribution in [1.29, 1.82) is 0 Å². The van der Waals surface area contributed by atoms with Crippen LogP contribution in [-0.2, 0) is 11.3 Å². The lowest BCUT2D eigenvalue weighted by Gasteiger charge is -2.10. The first kappa shape index (κ1) is 13.5. The number of Topliss-reactive ketones (excluding diaryl/α,β-unsaturated/α-hetero) is 1. The van der Waals surface area contributed by atoms with E-state index < -0.39 is 5.78 Å². The number of fused-ring (bicyclic) bond motifs is 1. The fourth-order valence-corrected chi connectivity index (χ4v) is 2.25. The summed E-state index contributed by atoms with van der Waals surface area (Å²) in [5, 5.41) is 0.851. The van der Waals surface area contributed by atoms with Gasteiger partial charge in [-0.15, -0.1) is 0 Å². The van der Waals surface area contributed by atoms with Crippen LogP contribution in [0.1, 0.15) is 16.8 Å². The van der Waals surface area contributed by atoms with Crippen molar-refractivity contribution in [3.05, 3.63) is 36.0 Å². The van der Waals surface area contributed by atoms with Crippen molar-refractivity contribution < 1.29 is 9.59 Å². The summed E-state index contributed by atoms with van der Waals surface area (Å²) in [4.78, 5) is 24.5. The van der Waals surface area contributed by atoms with E-state index in [9.17, 15) is 9.59 Å². The monoisotopic (exact) mass is 258 g/mol. The molecular formula is C15H18N2O2. The molecular weight excluding hydrogens is 240 g/mol. The average molecular weight is 258 g/mol. The number of carbonyl (C=O) groups excluding carboxylic acids is 2. The minimum absolute atomic E-state index is 0.381. The highest BCUT2D eigenvalue weighted by molar-refractivity contribution is 6.36. The summed E-state index contributed by atoms with van der Waals surface area (Å²) in [6, 6.07) is 7.69. The van der Waals surface area contributed by atoms with Crippen LogP contribution in [0.2, 0.25) is 0 Å². The van der Waals surface area contributed by atoms with Crippen LogP contribution in [-0.4, -0.2) is 42.2 Å². The Morgan fingerprint density at radius 2 is 2.05 bits per heavy atom. The van der Waals surface area contributed by atoms with Gasteiger partial charge in [-0.1, -0.05) is 18.2 Å². The zero-order chi connectivity index (χ0) is 13.8. The number of ketones is 1. The molecule has 0 fully saturated rings. The molecule has 0 unspecified atom stereocenters. The second-order valence-corrected chi connectivity index (χ2v) is 4.89. The van der Waals surface area contributed by atoms with E-state index >= 15 is 0 Å². The van der Waals surface area contributed by atoms with Gasteiger partial charge in [-0.2, -0.15) is 0 Å². The molecule has 0 bridgehead atoms. The van der Waals surface area contributed by atoms with Crippen LogP contribution in [0.25, 0.3) is 10.9 Å². The Bertz CT molecular complexity index is 599. The van der Waals surface area contributed by atoms with E-state index in [2.05, 4.69) is 9.47 Å². The zero-order valence-corrected chi connectivity index (χ0v) is 11.3. The summed E-state index contributed by atoms with van der Waals surface area (Å²) >= 11 is 0. The molecule has 0 aliphatic rings. The summed E-state index contributed by atoms with van der Waals surface area (Å²) in [6.07, 6.45) is 3.17. The number of para-hydroxylation sites is 1. The van der Waals surface area contributed by atoms with Crippen LogP contribution in [0.4, 0.5) is 0 Å². The molecule has 0 aliphatic carbocycles. The lowest BCUT2D eigenvalue weighted by molar-refractivity contribution is -0.104. The SMILES string of the molecule is CN(C)CCCn1cc(C(=O)C=O)c2ccccc21. The number of aldehydes is 1. The van der Waals surface area contributed by atoms with Gasteiger partial charge in [0.25, 0.3) is 0 Å². The van der Waals surface area contributed by atoms with Crippen LogP contribution in [0, 0.1) is 0 Å². The molecule has 0 saturated heterocycles. The quantitative estimate of drug-likeness (QED) is 0.452. The molecule has 1 aromatic carbocycles. The van der Waals surface area contributed by atoms with Crippen molar-refractivity contribution in [2.24, 2.45) is 0 Å². The third-order valence-electron chi connectivity index (χ3n) is 3.17. The molecule has 4 nitrogen and oxygen atoms in total. The van der Waals surface area contributed by atoms with Gasteiger partial charge in [0.15, 0.2) is 6.29 Å². The maximum atomic E-state index is 11.6. The number of hydrogen-bond donors (Lipinski definition) is 0. The van der Waals surface area contributed by atoms with E-state index in [0.717, 1.165) is 30.4 Å². The van der Waals surface area contributed by atoms with E-state index in [1.54, 1.807) is 6.20 Å². The molecule has 2 aromatic rings. The molecule has 100 valence electrons. The van der Waals surface area contributed by atoms with Crippen molar-refractivity contribution in [2.75, 3.05) is 20.6 Å². The summed E-state index contributed by atoms with van der Waals surface area (Å²) in [7, 11) is 4.07. The largest absolute Gasteiger partial charge is 0.347 e. The molecule has 4 heteroatoms. The summed E-state index contributed by atoms with van der Waals surface area (Å²) in [5.74, 6) is -0.456. The minimum Gasteiger partial charge on any atom is -0.347 e. The molecule has 0 atom stereocenters. The van der Waals surface area contributed by atoms with Crippen molar-refractivity contribution in [3.8, 4) is 0 Å². The van der Waals surface area contributed by atoms with Gasteiger partial charge in [0.1, 0.15) is 0 Å². The third-order valence-corrected chi connectivity index (χ3v) is 3.17. The number of aromatic nitrogens is 1. The van der Waals surface area contributed by atoms with Crippen LogP contribution in [0.3, 0.4) is 0 Å². The van der Waals surface area contributed by atoms with E-state index in [-0.39, 0.29) is 0 Å².